The topological polar surface area (TPSA) is 17.0 Å². The number of rotatable bonds is 3. The van der Waals surface area contributed by atoms with Crippen LogP contribution in [-0.2, 0) is 6.54 Å². The molecule has 0 fully saturated rings. The van der Waals surface area contributed by atoms with Gasteiger partial charge in [-0.05, 0) is 4.74 Å². The summed E-state index contributed by atoms with van der Waals surface area (Å²) in [6.45, 7) is 3.07. The summed E-state index contributed by atoms with van der Waals surface area (Å²) in [4.78, 5) is 0. The van der Waals surface area contributed by atoms with Crippen LogP contribution in [0.15, 0.2) is 47.1 Å². The molecule has 2 nitrogen and oxygen atoms in total. The molecule has 0 spiro atoms. The van der Waals surface area contributed by atoms with Crippen molar-refractivity contribution in [3.63, 3.8) is 0 Å². The molecule has 7 heteroatoms. The van der Waals surface area contributed by atoms with Gasteiger partial charge >= 0.3 is 7.25 Å². The molecule has 1 aromatic carbocycles. The van der Waals surface area contributed by atoms with Gasteiger partial charge in [0.15, 0.2) is 6.54 Å². The smallest absolute Gasteiger partial charge is 0.418 e. The minimum atomic E-state index is -6.00. The second-order valence-corrected chi connectivity index (χ2v) is 3.77. The van der Waals surface area contributed by atoms with Crippen LogP contribution >= 0.6 is 0 Å². The first-order valence-corrected chi connectivity index (χ1v) is 5.82. The molecule has 1 aromatic heterocycles. The number of hydrogen-bond acceptors (Lipinski definition) is 1. The third-order valence-electron chi connectivity index (χ3n) is 2.11. The Morgan fingerprint density at radius 2 is 1.63 bits per heavy atom. The van der Waals surface area contributed by atoms with Crippen molar-refractivity contribution < 1.29 is 26.5 Å². The standard InChI is InChI=1S/C12H14NO.BF4/c1-2-9-13-10-8-12(14-13)11-6-4-3-5-7-11;2-1(3,4)5/h3-8,10H,2,9H2,1H3;/q+1;-1. The third-order valence-corrected chi connectivity index (χ3v) is 2.11. The summed E-state index contributed by atoms with van der Waals surface area (Å²) in [6.07, 6.45) is 3.07. The Kier molecular flexibility index (Phi) is 5.60. The summed E-state index contributed by atoms with van der Waals surface area (Å²) < 4.78 is 46.5. The molecule has 2 aromatic rings. The fraction of sp³-hybridized carbons (Fsp3) is 0.250. The van der Waals surface area contributed by atoms with Crippen molar-refractivity contribution in [3.8, 4) is 11.3 Å². The highest BCUT2D eigenvalue weighted by Gasteiger charge is 2.20. The predicted molar refractivity (Wildman–Crippen MR) is 64.8 cm³/mol. The van der Waals surface area contributed by atoms with Crippen LogP contribution in [0.2, 0.25) is 0 Å². The third kappa shape index (κ3) is 6.64. The normalized spacial score (nSPS) is 10.8. The maximum absolute atomic E-state index is 9.75. The van der Waals surface area contributed by atoms with Gasteiger partial charge in [-0.3, -0.25) is 0 Å². The second-order valence-electron chi connectivity index (χ2n) is 3.77. The molecule has 104 valence electrons. The summed E-state index contributed by atoms with van der Waals surface area (Å²) in [7, 11) is -6.00. The van der Waals surface area contributed by atoms with Gasteiger partial charge in [0.2, 0.25) is 12.0 Å². The number of nitrogens with zero attached hydrogens (tertiary/aromatic N) is 1. The highest BCUT2D eigenvalue weighted by atomic mass is 19.5. The SMILES string of the molecule is CCC[n+]1ccc(-c2ccccc2)o1.F[B-](F)(F)F. The van der Waals surface area contributed by atoms with Crippen molar-refractivity contribution in [1.82, 2.24) is 0 Å². The highest BCUT2D eigenvalue weighted by Crippen LogP contribution is 2.16. The molecule has 0 aliphatic heterocycles. The average molecular weight is 275 g/mol. The zero-order valence-corrected chi connectivity index (χ0v) is 10.4. The van der Waals surface area contributed by atoms with E-state index in [0.717, 1.165) is 24.3 Å². The summed E-state index contributed by atoms with van der Waals surface area (Å²) in [5, 5.41) is 0. The lowest BCUT2D eigenvalue weighted by Gasteiger charge is -1.94. The van der Waals surface area contributed by atoms with Crippen LogP contribution in [0.25, 0.3) is 11.3 Å². The molecule has 0 radical (unpaired) electrons. The van der Waals surface area contributed by atoms with E-state index in [0.29, 0.717) is 0 Å². The molecule has 0 amide bonds. The Morgan fingerprint density at radius 1 is 1.05 bits per heavy atom. The lowest BCUT2D eigenvalue weighted by molar-refractivity contribution is -0.862. The van der Waals surface area contributed by atoms with Crippen molar-refractivity contribution in [2.75, 3.05) is 0 Å². The Morgan fingerprint density at radius 3 is 2.16 bits per heavy atom. The van der Waals surface area contributed by atoms with E-state index < -0.39 is 7.25 Å². The first-order chi connectivity index (χ1) is 8.90. The fourth-order valence-corrected chi connectivity index (χ4v) is 1.43. The summed E-state index contributed by atoms with van der Waals surface area (Å²) in [5.41, 5.74) is 1.13. The molecule has 0 saturated heterocycles. The fourth-order valence-electron chi connectivity index (χ4n) is 1.43. The number of hydrogen-bond donors (Lipinski definition) is 0. The zero-order valence-electron chi connectivity index (χ0n) is 10.4. The zero-order chi connectivity index (χ0) is 14.3. The van der Waals surface area contributed by atoms with Crippen molar-refractivity contribution in [2.45, 2.75) is 19.9 Å². The first kappa shape index (κ1) is 15.3. The van der Waals surface area contributed by atoms with Gasteiger partial charge in [-0.1, -0.05) is 37.3 Å². The van der Waals surface area contributed by atoms with Crippen LogP contribution in [0.5, 0.6) is 0 Å². The predicted octanol–water partition coefficient (Wildman–Crippen LogP) is 3.94. The van der Waals surface area contributed by atoms with Crippen LogP contribution in [0, 0.1) is 0 Å². The largest absolute Gasteiger partial charge is 0.673 e. The van der Waals surface area contributed by atoms with E-state index in [1.165, 1.54) is 0 Å². The van der Waals surface area contributed by atoms with Crippen LogP contribution < -0.4 is 4.74 Å². The lowest BCUT2D eigenvalue weighted by Crippen LogP contribution is -2.29. The average Bonchev–Trinajstić information content (AvgIpc) is 2.77. The Balaban J connectivity index is 0.000000312. The van der Waals surface area contributed by atoms with Gasteiger partial charge in [0.1, 0.15) is 0 Å². The Bertz CT molecular complexity index is 478. The molecular weight excluding hydrogens is 261 g/mol. The summed E-state index contributed by atoms with van der Waals surface area (Å²) in [6, 6.07) is 12.1. The van der Waals surface area contributed by atoms with Crippen molar-refractivity contribution in [3.05, 3.63) is 42.6 Å². The molecule has 2 rings (SSSR count). The van der Waals surface area contributed by atoms with E-state index in [-0.39, 0.29) is 0 Å². The maximum Gasteiger partial charge on any atom is 0.673 e. The molecule has 0 aliphatic rings. The van der Waals surface area contributed by atoms with Gasteiger partial charge in [-0.2, -0.15) is 0 Å². The molecule has 0 bridgehead atoms. The molecular formula is C12H14BF4NO. The Labute approximate surface area is 108 Å². The number of aryl methyl sites for hydroxylation is 1. The van der Waals surface area contributed by atoms with E-state index in [2.05, 4.69) is 19.1 Å². The summed E-state index contributed by atoms with van der Waals surface area (Å²) >= 11 is 0. The van der Waals surface area contributed by atoms with E-state index in [1.807, 2.05) is 35.2 Å². The molecule has 19 heavy (non-hydrogen) atoms. The molecule has 0 atom stereocenters. The van der Waals surface area contributed by atoms with E-state index in [4.69, 9.17) is 4.52 Å². The van der Waals surface area contributed by atoms with Crippen molar-refractivity contribution in [1.29, 1.82) is 0 Å². The molecule has 0 aliphatic carbocycles. The van der Waals surface area contributed by atoms with E-state index >= 15 is 0 Å². The quantitative estimate of drug-likeness (QED) is 0.471. The Hall–Kier alpha value is -1.79. The molecule has 0 N–H and O–H groups in total. The van der Waals surface area contributed by atoms with Gasteiger partial charge in [-0.15, -0.1) is 0 Å². The second kappa shape index (κ2) is 6.96. The van der Waals surface area contributed by atoms with Crippen LogP contribution in [0.4, 0.5) is 17.3 Å². The number of benzene rings is 1. The van der Waals surface area contributed by atoms with Crippen molar-refractivity contribution in [2.24, 2.45) is 0 Å². The molecule has 0 unspecified atom stereocenters. The van der Waals surface area contributed by atoms with Gasteiger partial charge < -0.3 is 17.3 Å². The molecule has 1 heterocycles. The number of halogens is 4. The van der Waals surface area contributed by atoms with Gasteiger partial charge in [-0.25, -0.2) is 4.52 Å². The molecule has 0 saturated carbocycles. The van der Waals surface area contributed by atoms with Crippen molar-refractivity contribution >= 4 is 7.25 Å². The summed E-state index contributed by atoms with van der Waals surface area (Å²) in [5.74, 6) is 0.930. The van der Waals surface area contributed by atoms with Crippen LogP contribution in [0.3, 0.4) is 0 Å². The number of aromatic nitrogens is 1. The minimum absolute atomic E-state index is 0.930. The van der Waals surface area contributed by atoms with Crippen LogP contribution in [-0.4, -0.2) is 7.25 Å². The minimum Gasteiger partial charge on any atom is -0.418 e. The van der Waals surface area contributed by atoms with E-state index in [1.54, 1.807) is 0 Å². The van der Waals surface area contributed by atoms with Gasteiger partial charge in [0.05, 0.1) is 6.07 Å². The van der Waals surface area contributed by atoms with Crippen LogP contribution in [0.1, 0.15) is 13.3 Å². The highest BCUT2D eigenvalue weighted by molar-refractivity contribution is 6.50. The monoisotopic (exact) mass is 275 g/mol. The van der Waals surface area contributed by atoms with Gasteiger partial charge in [0, 0.05) is 12.0 Å². The van der Waals surface area contributed by atoms with Gasteiger partial charge in [0.25, 0.3) is 0 Å². The van der Waals surface area contributed by atoms with E-state index in [9.17, 15) is 17.3 Å². The maximum atomic E-state index is 9.75. The first-order valence-electron chi connectivity index (χ1n) is 5.82. The lowest BCUT2D eigenvalue weighted by atomic mass is 10.2.